The number of hydrogen-bond donors (Lipinski definition) is 1. The van der Waals surface area contributed by atoms with Crippen molar-refractivity contribution >= 4 is 15.9 Å². The Labute approximate surface area is 131 Å². The van der Waals surface area contributed by atoms with Crippen LogP contribution in [0.15, 0.2) is 40.9 Å². The van der Waals surface area contributed by atoms with E-state index < -0.39 is 5.82 Å². The van der Waals surface area contributed by atoms with E-state index in [1.54, 1.807) is 18.2 Å². The Hall–Kier alpha value is -1.90. The molecule has 0 amide bonds. The minimum Gasteiger partial charge on any atom is -0.488 e. The second kappa shape index (κ2) is 6.70. The highest BCUT2D eigenvalue weighted by Gasteiger charge is 2.10. The highest BCUT2D eigenvalue weighted by Crippen LogP contribution is 2.28. The highest BCUT2D eigenvalue weighted by molar-refractivity contribution is 9.10. The van der Waals surface area contributed by atoms with Crippen LogP contribution in [0.5, 0.6) is 5.75 Å². The molecule has 0 saturated heterocycles. The van der Waals surface area contributed by atoms with Crippen molar-refractivity contribution in [2.24, 2.45) is 5.73 Å². The SMILES string of the molecule is C[C@@H](N)c1ccc(Br)cc1OCc1ccc(C#N)cc1F. The lowest BCUT2D eigenvalue weighted by Crippen LogP contribution is -2.08. The van der Waals surface area contributed by atoms with Gasteiger partial charge in [0.15, 0.2) is 0 Å². The molecule has 0 heterocycles. The Morgan fingerprint density at radius 2 is 2.10 bits per heavy atom. The first-order chi connectivity index (χ1) is 10.0. The minimum absolute atomic E-state index is 0.0771. The molecule has 1 atom stereocenters. The summed E-state index contributed by atoms with van der Waals surface area (Å²) in [6.07, 6.45) is 0. The maximum absolute atomic E-state index is 13.8. The van der Waals surface area contributed by atoms with Crippen LogP contribution in [0, 0.1) is 17.1 Å². The second-order valence-electron chi connectivity index (χ2n) is 4.68. The number of nitrogens with zero attached hydrogens (tertiary/aromatic N) is 1. The Kier molecular flexibility index (Phi) is 4.94. The van der Waals surface area contributed by atoms with Crippen LogP contribution in [0.3, 0.4) is 0 Å². The average molecular weight is 349 g/mol. The van der Waals surface area contributed by atoms with Gasteiger partial charge < -0.3 is 10.5 Å². The first-order valence-electron chi connectivity index (χ1n) is 6.37. The summed E-state index contributed by atoms with van der Waals surface area (Å²) in [5, 5.41) is 8.72. The van der Waals surface area contributed by atoms with E-state index in [1.165, 1.54) is 6.07 Å². The van der Waals surface area contributed by atoms with Crippen molar-refractivity contribution in [2.45, 2.75) is 19.6 Å². The molecule has 3 nitrogen and oxygen atoms in total. The minimum atomic E-state index is -0.452. The number of benzene rings is 2. The zero-order valence-corrected chi connectivity index (χ0v) is 13.0. The van der Waals surface area contributed by atoms with Crippen LogP contribution in [0.4, 0.5) is 4.39 Å². The van der Waals surface area contributed by atoms with Crippen LogP contribution >= 0.6 is 15.9 Å². The summed E-state index contributed by atoms with van der Waals surface area (Å²) in [4.78, 5) is 0. The summed E-state index contributed by atoms with van der Waals surface area (Å²) in [6.45, 7) is 1.94. The van der Waals surface area contributed by atoms with Gasteiger partial charge in [0.2, 0.25) is 0 Å². The molecule has 2 N–H and O–H groups in total. The molecule has 0 aliphatic carbocycles. The van der Waals surface area contributed by atoms with Crippen molar-refractivity contribution in [1.29, 1.82) is 5.26 Å². The van der Waals surface area contributed by atoms with Gasteiger partial charge >= 0.3 is 0 Å². The maximum atomic E-state index is 13.8. The Morgan fingerprint density at radius 3 is 2.71 bits per heavy atom. The number of ether oxygens (including phenoxy) is 1. The fourth-order valence-electron chi connectivity index (χ4n) is 1.90. The molecule has 108 valence electrons. The molecule has 2 rings (SSSR count). The average Bonchev–Trinajstić information content (AvgIpc) is 2.45. The van der Waals surface area contributed by atoms with Gasteiger partial charge in [0.1, 0.15) is 18.2 Å². The van der Waals surface area contributed by atoms with Crippen LogP contribution in [-0.4, -0.2) is 0 Å². The van der Waals surface area contributed by atoms with Gasteiger partial charge in [-0.3, -0.25) is 0 Å². The third-order valence-electron chi connectivity index (χ3n) is 3.03. The Balaban J connectivity index is 2.20. The van der Waals surface area contributed by atoms with Gasteiger partial charge in [-0.15, -0.1) is 0 Å². The second-order valence-corrected chi connectivity index (χ2v) is 5.59. The molecule has 0 aliphatic rings. The topological polar surface area (TPSA) is 59.0 Å². The van der Waals surface area contributed by atoms with E-state index in [1.807, 2.05) is 25.1 Å². The lowest BCUT2D eigenvalue weighted by molar-refractivity contribution is 0.295. The van der Waals surface area contributed by atoms with Gasteiger partial charge in [0.05, 0.1) is 11.6 Å². The van der Waals surface area contributed by atoms with Crippen molar-refractivity contribution in [1.82, 2.24) is 0 Å². The van der Waals surface area contributed by atoms with Gasteiger partial charge in [-0.05, 0) is 31.2 Å². The van der Waals surface area contributed by atoms with E-state index in [0.29, 0.717) is 11.3 Å². The van der Waals surface area contributed by atoms with Gasteiger partial charge in [-0.25, -0.2) is 4.39 Å². The highest BCUT2D eigenvalue weighted by atomic mass is 79.9. The van der Waals surface area contributed by atoms with Gasteiger partial charge in [0.25, 0.3) is 0 Å². The lowest BCUT2D eigenvalue weighted by Gasteiger charge is -2.15. The molecule has 0 fully saturated rings. The predicted molar refractivity (Wildman–Crippen MR) is 82.2 cm³/mol. The molecule has 0 aliphatic heterocycles. The van der Waals surface area contributed by atoms with Crippen LogP contribution < -0.4 is 10.5 Å². The normalized spacial score (nSPS) is 11.8. The third kappa shape index (κ3) is 3.81. The summed E-state index contributed by atoms with van der Waals surface area (Å²) >= 11 is 3.37. The summed E-state index contributed by atoms with van der Waals surface area (Å²) in [6, 6.07) is 11.6. The number of rotatable bonds is 4. The number of hydrogen-bond acceptors (Lipinski definition) is 3. The zero-order chi connectivity index (χ0) is 15.4. The molecule has 0 radical (unpaired) electrons. The lowest BCUT2D eigenvalue weighted by atomic mass is 10.1. The summed E-state index contributed by atoms with van der Waals surface area (Å²) in [7, 11) is 0. The molecule has 0 bridgehead atoms. The van der Waals surface area contributed by atoms with Gasteiger partial charge in [0, 0.05) is 21.6 Å². The van der Waals surface area contributed by atoms with E-state index in [-0.39, 0.29) is 18.2 Å². The van der Waals surface area contributed by atoms with Crippen molar-refractivity contribution in [3.63, 3.8) is 0 Å². The zero-order valence-electron chi connectivity index (χ0n) is 11.4. The van der Waals surface area contributed by atoms with Crippen LogP contribution in [-0.2, 0) is 6.61 Å². The maximum Gasteiger partial charge on any atom is 0.131 e. The van der Waals surface area contributed by atoms with E-state index >= 15 is 0 Å². The van der Waals surface area contributed by atoms with Crippen LogP contribution in [0.25, 0.3) is 0 Å². The first-order valence-corrected chi connectivity index (χ1v) is 7.17. The molecular formula is C16H14BrFN2O. The molecule has 0 aromatic heterocycles. The van der Waals surface area contributed by atoms with Crippen LogP contribution in [0.1, 0.15) is 29.7 Å². The van der Waals surface area contributed by atoms with E-state index in [9.17, 15) is 4.39 Å². The monoisotopic (exact) mass is 348 g/mol. The number of nitrogens with two attached hydrogens (primary N) is 1. The molecule has 2 aromatic rings. The van der Waals surface area contributed by atoms with Crippen molar-refractivity contribution < 1.29 is 9.13 Å². The molecule has 5 heteroatoms. The smallest absolute Gasteiger partial charge is 0.131 e. The summed E-state index contributed by atoms with van der Waals surface area (Å²) in [5.41, 5.74) is 7.43. The van der Waals surface area contributed by atoms with Crippen molar-refractivity contribution in [3.8, 4) is 11.8 Å². The molecule has 0 saturated carbocycles. The number of halogens is 2. The summed E-state index contributed by atoms with van der Waals surface area (Å²) in [5.74, 6) is 0.162. The molecule has 0 unspecified atom stereocenters. The first kappa shape index (κ1) is 15.5. The van der Waals surface area contributed by atoms with Gasteiger partial charge in [-0.2, -0.15) is 5.26 Å². The third-order valence-corrected chi connectivity index (χ3v) is 3.52. The largest absolute Gasteiger partial charge is 0.488 e. The van der Waals surface area contributed by atoms with Crippen molar-refractivity contribution in [2.75, 3.05) is 0 Å². The molecular weight excluding hydrogens is 335 g/mol. The standard InChI is InChI=1S/C16H14BrFN2O/c1-10(20)14-5-4-13(17)7-16(14)21-9-12-3-2-11(8-19)6-15(12)18/h2-7,10H,9,20H2,1H3/t10-/m1/s1. The van der Waals surface area contributed by atoms with E-state index in [4.69, 9.17) is 15.7 Å². The molecule has 0 spiro atoms. The Morgan fingerprint density at radius 1 is 1.33 bits per heavy atom. The van der Waals surface area contributed by atoms with E-state index in [2.05, 4.69) is 15.9 Å². The fraction of sp³-hybridized carbons (Fsp3) is 0.188. The number of nitriles is 1. The quantitative estimate of drug-likeness (QED) is 0.906. The van der Waals surface area contributed by atoms with Crippen molar-refractivity contribution in [3.05, 3.63) is 63.4 Å². The van der Waals surface area contributed by atoms with Gasteiger partial charge in [-0.1, -0.05) is 28.1 Å². The predicted octanol–water partition coefficient (Wildman–Crippen LogP) is 4.06. The fourth-order valence-corrected chi connectivity index (χ4v) is 2.24. The molecule has 21 heavy (non-hydrogen) atoms. The Bertz CT molecular complexity index is 695. The van der Waals surface area contributed by atoms with E-state index in [0.717, 1.165) is 10.0 Å². The van der Waals surface area contributed by atoms with Crippen LogP contribution in [0.2, 0.25) is 0 Å². The summed E-state index contributed by atoms with van der Waals surface area (Å²) < 4.78 is 20.4. The molecule has 2 aromatic carbocycles.